The van der Waals surface area contributed by atoms with E-state index in [9.17, 15) is 9.90 Å². The van der Waals surface area contributed by atoms with Gasteiger partial charge in [-0.15, -0.1) is 0 Å². The number of likely N-dealkylation sites (tertiary alicyclic amines) is 1. The smallest absolute Gasteiger partial charge is 0.260 e. The molecule has 0 unspecified atom stereocenters. The van der Waals surface area contributed by atoms with Gasteiger partial charge in [-0.1, -0.05) is 35.5 Å². The van der Waals surface area contributed by atoms with E-state index in [1.54, 1.807) is 11.8 Å². The van der Waals surface area contributed by atoms with E-state index >= 15 is 0 Å². The molecule has 1 aromatic heterocycles. The number of hydrogen-bond donors (Lipinski definition) is 1. The molecular formula is C18H17N3O3. The van der Waals surface area contributed by atoms with Crippen LogP contribution in [0, 0.1) is 6.92 Å². The van der Waals surface area contributed by atoms with Gasteiger partial charge in [-0.25, -0.2) is 0 Å². The Hall–Kier alpha value is -2.73. The second-order valence-electron chi connectivity index (χ2n) is 6.22. The average molecular weight is 323 g/mol. The van der Waals surface area contributed by atoms with Gasteiger partial charge in [0, 0.05) is 18.5 Å². The van der Waals surface area contributed by atoms with E-state index in [4.69, 9.17) is 4.52 Å². The number of nitrogens with zero attached hydrogens (tertiary/aromatic N) is 3. The van der Waals surface area contributed by atoms with Crippen LogP contribution in [0.4, 0.5) is 0 Å². The molecule has 1 amide bonds. The van der Waals surface area contributed by atoms with Gasteiger partial charge in [0.25, 0.3) is 11.8 Å². The lowest BCUT2D eigenvalue weighted by Gasteiger charge is -2.20. The minimum Gasteiger partial charge on any atom is -0.378 e. The van der Waals surface area contributed by atoms with Crippen LogP contribution in [0.25, 0.3) is 10.8 Å². The molecule has 1 saturated heterocycles. The number of carbonyl (C=O) groups is 1. The van der Waals surface area contributed by atoms with E-state index in [1.165, 1.54) is 0 Å². The number of benzene rings is 2. The van der Waals surface area contributed by atoms with E-state index < -0.39 is 5.60 Å². The van der Waals surface area contributed by atoms with Crippen molar-refractivity contribution in [2.75, 3.05) is 13.1 Å². The number of aryl methyl sites for hydroxylation is 1. The van der Waals surface area contributed by atoms with Crippen LogP contribution in [-0.2, 0) is 5.60 Å². The third kappa shape index (κ3) is 2.45. The predicted octanol–water partition coefficient (Wildman–Crippen LogP) is 2.26. The number of hydrogen-bond acceptors (Lipinski definition) is 5. The fourth-order valence-electron chi connectivity index (χ4n) is 3.13. The minimum absolute atomic E-state index is 0.104. The first kappa shape index (κ1) is 14.8. The zero-order valence-corrected chi connectivity index (χ0v) is 13.3. The van der Waals surface area contributed by atoms with Crippen molar-refractivity contribution in [2.24, 2.45) is 0 Å². The molecule has 6 heteroatoms. The van der Waals surface area contributed by atoms with E-state index in [0.29, 0.717) is 24.4 Å². The number of rotatable bonds is 2. The molecule has 24 heavy (non-hydrogen) atoms. The molecule has 3 aromatic rings. The Bertz CT molecular complexity index is 921. The van der Waals surface area contributed by atoms with Gasteiger partial charge in [0.15, 0.2) is 11.4 Å². The largest absolute Gasteiger partial charge is 0.378 e. The van der Waals surface area contributed by atoms with Gasteiger partial charge in [0.2, 0.25) is 0 Å². The third-order valence-electron chi connectivity index (χ3n) is 4.46. The molecule has 0 radical (unpaired) electrons. The van der Waals surface area contributed by atoms with Crippen LogP contribution in [0.1, 0.15) is 28.5 Å². The van der Waals surface area contributed by atoms with E-state index in [1.807, 2.05) is 42.5 Å². The fraction of sp³-hybridized carbons (Fsp3) is 0.278. The summed E-state index contributed by atoms with van der Waals surface area (Å²) in [5, 5.41) is 16.6. The molecule has 0 bridgehead atoms. The summed E-state index contributed by atoms with van der Waals surface area (Å²) in [5.41, 5.74) is -0.659. The van der Waals surface area contributed by atoms with Crippen LogP contribution in [0.2, 0.25) is 0 Å². The highest BCUT2D eigenvalue weighted by atomic mass is 16.5. The number of carbonyl (C=O) groups excluding carboxylic acids is 1. The SMILES string of the molecule is Cc1noc([C@]2(O)CCN(C(=O)c3ccc4ccccc4c3)C2)n1. The van der Waals surface area contributed by atoms with Gasteiger partial charge in [-0.2, -0.15) is 4.98 Å². The normalized spacial score (nSPS) is 20.7. The lowest BCUT2D eigenvalue weighted by atomic mass is 10.0. The molecule has 0 aliphatic carbocycles. The van der Waals surface area contributed by atoms with Crippen LogP contribution >= 0.6 is 0 Å². The molecule has 1 aliphatic rings. The molecule has 2 heterocycles. The minimum atomic E-state index is -1.27. The molecule has 0 saturated carbocycles. The third-order valence-corrected chi connectivity index (χ3v) is 4.46. The van der Waals surface area contributed by atoms with Crippen molar-refractivity contribution < 1.29 is 14.4 Å². The summed E-state index contributed by atoms with van der Waals surface area (Å²) in [6.45, 7) is 2.30. The van der Waals surface area contributed by atoms with Crippen molar-refractivity contribution in [3.63, 3.8) is 0 Å². The van der Waals surface area contributed by atoms with Crippen LogP contribution in [0.3, 0.4) is 0 Å². The molecule has 6 nitrogen and oxygen atoms in total. The summed E-state index contributed by atoms with van der Waals surface area (Å²) in [6.07, 6.45) is 0.383. The molecule has 4 rings (SSSR count). The average Bonchev–Trinajstić information content (AvgIpc) is 3.21. The molecule has 1 atom stereocenters. The molecule has 0 spiro atoms. The number of aliphatic hydroxyl groups is 1. The van der Waals surface area contributed by atoms with Gasteiger partial charge in [0.05, 0.1) is 6.54 Å². The van der Waals surface area contributed by atoms with Crippen LogP contribution in [0.5, 0.6) is 0 Å². The molecule has 2 aromatic carbocycles. The summed E-state index contributed by atoms with van der Waals surface area (Å²) < 4.78 is 5.09. The Labute approximate surface area is 138 Å². The van der Waals surface area contributed by atoms with E-state index in [-0.39, 0.29) is 18.3 Å². The van der Waals surface area contributed by atoms with Crippen LogP contribution in [-0.4, -0.2) is 39.1 Å². The zero-order valence-electron chi connectivity index (χ0n) is 13.3. The molecule has 122 valence electrons. The second-order valence-corrected chi connectivity index (χ2v) is 6.22. The zero-order chi connectivity index (χ0) is 16.7. The van der Waals surface area contributed by atoms with Crippen molar-refractivity contribution in [1.29, 1.82) is 0 Å². The monoisotopic (exact) mass is 323 g/mol. The van der Waals surface area contributed by atoms with Crippen molar-refractivity contribution in [3.05, 3.63) is 59.7 Å². The maximum atomic E-state index is 12.8. The van der Waals surface area contributed by atoms with Gasteiger partial charge in [-0.3, -0.25) is 4.79 Å². The summed E-state index contributed by atoms with van der Waals surface area (Å²) in [5.74, 6) is 0.541. The highest BCUT2D eigenvalue weighted by Crippen LogP contribution is 2.31. The maximum absolute atomic E-state index is 12.8. The summed E-state index contributed by atoms with van der Waals surface area (Å²) >= 11 is 0. The Morgan fingerprint density at radius 2 is 2.04 bits per heavy atom. The lowest BCUT2D eigenvalue weighted by molar-refractivity contribution is 0.0136. The number of amides is 1. The first-order chi connectivity index (χ1) is 11.5. The second kappa shape index (κ2) is 5.42. The molecule has 1 N–H and O–H groups in total. The predicted molar refractivity (Wildman–Crippen MR) is 87.4 cm³/mol. The summed E-state index contributed by atoms with van der Waals surface area (Å²) in [4.78, 5) is 18.5. The number of aromatic nitrogens is 2. The highest BCUT2D eigenvalue weighted by molar-refractivity contribution is 5.98. The van der Waals surface area contributed by atoms with Crippen molar-refractivity contribution in [2.45, 2.75) is 18.9 Å². The van der Waals surface area contributed by atoms with Crippen molar-refractivity contribution in [3.8, 4) is 0 Å². The Morgan fingerprint density at radius 3 is 2.79 bits per heavy atom. The lowest BCUT2D eigenvalue weighted by Crippen LogP contribution is -2.34. The fourth-order valence-corrected chi connectivity index (χ4v) is 3.13. The molecule has 1 fully saturated rings. The standard InChI is InChI=1S/C18H17N3O3/c1-12-19-17(24-20-12)18(23)8-9-21(11-18)16(22)15-7-6-13-4-2-3-5-14(13)10-15/h2-7,10,23H,8-9,11H2,1H3/t18-/m0/s1. The van der Waals surface area contributed by atoms with Gasteiger partial charge >= 0.3 is 0 Å². The van der Waals surface area contributed by atoms with E-state index in [0.717, 1.165) is 10.8 Å². The summed E-state index contributed by atoms with van der Waals surface area (Å²) in [6, 6.07) is 13.5. The first-order valence-corrected chi connectivity index (χ1v) is 7.86. The highest BCUT2D eigenvalue weighted by Gasteiger charge is 2.44. The van der Waals surface area contributed by atoms with Gasteiger partial charge in [0.1, 0.15) is 0 Å². The van der Waals surface area contributed by atoms with Gasteiger partial charge < -0.3 is 14.5 Å². The number of β-amino-alcohol motifs (C(OH)–C–C–N with tert-alkyl or cyclic N) is 1. The van der Waals surface area contributed by atoms with E-state index in [2.05, 4.69) is 10.1 Å². The Kier molecular flexibility index (Phi) is 3.35. The Balaban J connectivity index is 1.58. The topological polar surface area (TPSA) is 79.5 Å². The maximum Gasteiger partial charge on any atom is 0.260 e. The van der Waals surface area contributed by atoms with Gasteiger partial charge in [-0.05, 0) is 29.8 Å². The quantitative estimate of drug-likeness (QED) is 0.782. The molecule has 1 aliphatic heterocycles. The number of fused-ring (bicyclic) bond motifs is 1. The van der Waals surface area contributed by atoms with Crippen LogP contribution < -0.4 is 0 Å². The van der Waals surface area contributed by atoms with Crippen LogP contribution in [0.15, 0.2) is 47.0 Å². The molecular weight excluding hydrogens is 306 g/mol. The first-order valence-electron chi connectivity index (χ1n) is 7.86. The van der Waals surface area contributed by atoms with Crippen molar-refractivity contribution in [1.82, 2.24) is 15.0 Å². The Morgan fingerprint density at radius 1 is 1.25 bits per heavy atom. The summed E-state index contributed by atoms with van der Waals surface area (Å²) in [7, 11) is 0. The van der Waals surface area contributed by atoms with Crippen molar-refractivity contribution >= 4 is 16.7 Å².